The summed E-state index contributed by atoms with van der Waals surface area (Å²) in [6.07, 6.45) is 3.16. The number of aromatic amines is 1. The van der Waals surface area contributed by atoms with Gasteiger partial charge < -0.3 is 5.11 Å². The molecule has 110 valence electrons. The first-order chi connectivity index (χ1) is 9.98. The van der Waals surface area contributed by atoms with Gasteiger partial charge in [0, 0.05) is 19.3 Å². The summed E-state index contributed by atoms with van der Waals surface area (Å²) >= 11 is 0. The second-order valence-electron chi connectivity index (χ2n) is 4.81. The Hall–Kier alpha value is -2.19. The van der Waals surface area contributed by atoms with Gasteiger partial charge in [0.05, 0.1) is 11.8 Å². The lowest BCUT2D eigenvalue weighted by Crippen LogP contribution is -2.35. The maximum absolute atomic E-state index is 12.4. The molecule has 0 bridgehead atoms. The minimum Gasteiger partial charge on any atom is -0.478 e. The highest BCUT2D eigenvalue weighted by Gasteiger charge is 2.29. The number of hydrogen-bond acceptors (Lipinski definition) is 4. The number of nitrogens with zero attached hydrogens (tertiary/aromatic N) is 2. The Kier molecular flexibility index (Phi) is 3.26. The van der Waals surface area contributed by atoms with E-state index in [9.17, 15) is 13.2 Å². The monoisotopic (exact) mass is 307 g/mol. The van der Waals surface area contributed by atoms with E-state index in [1.807, 2.05) is 0 Å². The largest absolute Gasteiger partial charge is 0.478 e. The van der Waals surface area contributed by atoms with Gasteiger partial charge in [0.1, 0.15) is 4.90 Å². The lowest BCUT2D eigenvalue weighted by atomic mass is 9.99. The molecule has 1 aromatic carbocycles. The van der Waals surface area contributed by atoms with E-state index in [0.29, 0.717) is 13.0 Å². The summed E-state index contributed by atoms with van der Waals surface area (Å²) < 4.78 is 26.2. The molecule has 0 fully saturated rings. The fraction of sp³-hybridized carbons (Fsp3) is 0.231. The lowest BCUT2D eigenvalue weighted by molar-refractivity contribution is 0.0696. The summed E-state index contributed by atoms with van der Waals surface area (Å²) in [4.78, 5) is 11.1. The minimum atomic E-state index is -3.60. The number of hydrogen-bond donors (Lipinski definition) is 2. The van der Waals surface area contributed by atoms with Crippen molar-refractivity contribution in [3.05, 3.63) is 47.3 Å². The van der Waals surface area contributed by atoms with E-state index in [0.717, 1.165) is 11.1 Å². The van der Waals surface area contributed by atoms with Crippen molar-refractivity contribution in [1.29, 1.82) is 0 Å². The number of nitrogens with one attached hydrogen (secondary N) is 1. The molecular formula is C13H13N3O4S. The van der Waals surface area contributed by atoms with Gasteiger partial charge in [-0.15, -0.1) is 0 Å². The molecule has 0 amide bonds. The smallest absolute Gasteiger partial charge is 0.335 e. The maximum Gasteiger partial charge on any atom is 0.335 e. The summed E-state index contributed by atoms with van der Waals surface area (Å²) in [5.41, 5.74) is 1.88. The Labute approximate surface area is 121 Å². The van der Waals surface area contributed by atoms with Gasteiger partial charge in [-0.3, -0.25) is 5.10 Å². The number of aromatic nitrogens is 2. The molecule has 2 aromatic rings. The van der Waals surface area contributed by atoms with Crippen LogP contribution >= 0.6 is 0 Å². The Balaban J connectivity index is 1.94. The van der Waals surface area contributed by atoms with E-state index in [1.165, 1.54) is 22.8 Å². The highest BCUT2D eigenvalue weighted by molar-refractivity contribution is 7.89. The van der Waals surface area contributed by atoms with E-state index in [2.05, 4.69) is 10.2 Å². The van der Waals surface area contributed by atoms with Crippen LogP contribution in [0.5, 0.6) is 0 Å². The number of carbonyl (C=O) groups is 1. The Morgan fingerprint density at radius 2 is 2.14 bits per heavy atom. The van der Waals surface area contributed by atoms with Gasteiger partial charge in [0.15, 0.2) is 0 Å². The number of carboxylic acid groups (broad SMARTS) is 1. The van der Waals surface area contributed by atoms with Gasteiger partial charge in [-0.2, -0.15) is 9.40 Å². The van der Waals surface area contributed by atoms with Crippen molar-refractivity contribution in [3.8, 4) is 0 Å². The van der Waals surface area contributed by atoms with Gasteiger partial charge in [-0.1, -0.05) is 6.07 Å². The molecule has 21 heavy (non-hydrogen) atoms. The number of carboxylic acids is 1. The zero-order valence-corrected chi connectivity index (χ0v) is 11.8. The van der Waals surface area contributed by atoms with Crippen LogP contribution in [0.4, 0.5) is 0 Å². The van der Waals surface area contributed by atoms with Crippen LogP contribution in [0.1, 0.15) is 21.5 Å². The van der Waals surface area contributed by atoms with Crippen LogP contribution in [0.25, 0.3) is 0 Å². The van der Waals surface area contributed by atoms with Crippen molar-refractivity contribution in [1.82, 2.24) is 14.5 Å². The van der Waals surface area contributed by atoms with E-state index in [1.54, 1.807) is 12.1 Å². The third-order valence-corrected chi connectivity index (χ3v) is 5.35. The summed E-state index contributed by atoms with van der Waals surface area (Å²) in [5.74, 6) is -1.02. The van der Waals surface area contributed by atoms with E-state index < -0.39 is 16.0 Å². The van der Waals surface area contributed by atoms with Crippen molar-refractivity contribution >= 4 is 16.0 Å². The number of benzene rings is 1. The molecule has 2 N–H and O–H groups in total. The molecular weight excluding hydrogens is 294 g/mol. The lowest BCUT2D eigenvalue weighted by Gasteiger charge is -2.27. The topological polar surface area (TPSA) is 103 Å². The van der Waals surface area contributed by atoms with Crippen molar-refractivity contribution in [2.75, 3.05) is 6.54 Å². The summed E-state index contributed by atoms with van der Waals surface area (Å²) in [6, 6.07) is 4.83. The molecule has 1 aliphatic heterocycles. The molecule has 0 radical (unpaired) electrons. The predicted molar refractivity (Wildman–Crippen MR) is 73.3 cm³/mol. The number of rotatable bonds is 3. The predicted octanol–water partition coefficient (Wildman–Crippen LogP) is 0.855. The second-order valence-corrected chi connectivity index (χ2v) is 6.75. The molecule has 0 atom stereocenters. The third-order valence-electron chi connectivity index (χ3n) is 3.54. The number of sulfonamides is 1. The van der Waals surface area contributed by atoms with Crippen molar-refractivity contribution in [3.63, 3.8) is 0 Å². The van der Waals surface area contributed by atoms with Crippen LogP contribution in [0.15, 0.2) is 35.5 Å². The van der Waals surface area contributed by atoms with Crippen molar-refractivity contribution in [2.45, 2.75) is 17.9 Å². The van der Waals surface area contributed by atoms with Crippen LogP contribution in [0.3, 0.4) is 0 Å². The summed E-state index contributed by atoms with van der Waals surface area (Å²) in [7, 11) is -3.60. The first kappa shape index (κ1) is 13.8. The number of fused-ring (bicyclic) bond motifs is 1. The third kappa shape index (κ3) is 2.43. The standard InChI is InChI=1S/C13H13N3O4S/c17-13(18)10-2-1-9-3-4-16(8-11(9)5-10)21(19,20)12-6-14-15-7-12/h1-2,5-7H,3-4,8H2,(H,14,15)(H,17,18). The molecule has 0 aliphatic carbocycles. The average molecular weight is 307 g/mol. The average Bonchev–Trinajstić information content (AvgIpc) is 3.01. The molecule has 8 heteroatoms. The second kappa shape index (κ2) is 4.97. The van der Waals surface area contributed by atoms with Gasteiger partial charge in [0.25, 0.3) is 0 Å². The molecule has 0 saturated heterocycles. The first-order valence-corrected chi connectivity index (χ1v) is 7.76. The highest BCUT2D eigenvalue weighted by Crippen LogP contribution is 2.25. The van der Waals surface area contributed by atoms with Crippen LogP contribution < -0.4 is 0 Å². The van der Waals surface area contributed by atoms with Crippen LogP contribution in [0.2, 0.25) is 0 Å². The fourth-order valence-corrected chi connectivity index (χ4v) is 3.72. The van der Waals surface area contributed by atoms with Gasteiger partial charge in [-0.25, -0.2) is 13.2 Å². The number of H-pyrrole nitrogens is 1. The van der Waals surface area contributed by atoms with E-state index in [4.69, 9.17) is 5.11 Å². The van der Waals surface area contributed by atoms with E-state index >= 15 is 0 Å². The van der Waals surface area contributed by atoms with Gasteiger partial charge >= 0.3 is 5.97 Å². The Morgan fingerprint density at radius 3 is 2.81 bits per heavy atom. The minimum absolute atomic E-state index is 0.111. The van der Waals surface area contributed by atoms with Crippen LogP contribution in [0, 0.1) is 0 Å². The zero-order chi connectivity index (χ0) is 15.0. The fourth-order valence-electron chi connectivity index (χ4n) is 2.40. The number of aromatic carboxylic acids is 1. The molecule has 0 unspecified atom stereocenters. The van der Waals surface area contributed by atoms with Gasteiger partial charge in [-0.05, 0) is 29.7 Å². The van der Waals surface area contributed by atoms with E-state index in [-0.39, 0.29) is 17.0 Å². The van der Waals surface area contributed by atoms with Crippen molar-refractivity contribution in [2.24, 2.45) is 0 Å². The molecule has 1 aliphatic rings. The molecule has 3 rings (SSSR count). The van der Waals surface area contributed by atoms with Crippen molar-refractivity contribution < 1.29 is 18.3 Å². The molecule has 0 saturated carbocycles. The zero-order valence-electron chi connectivity index (χ0n) is 11.0. The molecule has 7 nitrogen and oxygen atoms in total. The normalized spacial score (nSPS) is 15.6. The summed E-state index contributed by atoms with van der Waals surface area (Å²) in [6.45, 7) is 0.539. The quantitative estimate of drug-likeness (QED) is 0.875. The van der Waals surface area contributed by atoms with Crippen LogP contribution in [-0.4, -0.2) is 40.5 Å². The SMILES string of the molecule is O=C(O)c1ccc2c(c1)CN(S(=O)(=O)c1cn[nH]c1)CC2. The Bertz CT molecular complexity index is 784. The van der Waals surface area contributed by atoms with Crippen LogP contribution in [-0.2, 0) is 23.0 Å². The van der Waals surface area contributed by atoms with Gasteiger partial charge in [0.2, 0.25) is 10.0 Å². The first-order valence-electron chi connectivity index (χ1n) is 6.32. The molecule has 0 spiro atoms. The maximum atomic E-state index is 12.4. The highest BCUT2D eigenvalue weighted by atomic mass is 32.2. The molecule has 2 heterocycles. The Morgan fingerprint density at radius 1 is 1.33 bits per heavy atom. The summed E-state index contributed by atoms with van der Waals surface area (Å²) in [5, 5.41) is 15.2. The molecule has 1 aromatic heterocycles.